The zero-order valence-corrected chi connectivity index (χ0v) is 10.4. The summed E-state index contributed by atoms with van der Waals surface area (Å²) in [5, 5.41) is 11.5. The minimum atomic E-state index is -1.10. The lowest BCUT2D eigenvalue weighted by atomic mass is 10.0. The normalized spacial score (nSPS) is 21.0. The third-order valence-electron chi connectivity index (χ3n) is 2.70. The molecule has 0 spiro atoms. The van der Waals surface area contributed by atoms with Crippen molar-refractivity contribution in [2.75, 3.05) is 0 Å². The van der Waals surface area contributed by atoms with E-state index in [1.807, 2.05) is 0 Å². The van der Waals surface area contributed by atoms with Gasteiger partial charge in [0.2, 0.25) is 5.91 Å². The highest BCUT2D eigenvalue weighted by atomic mass is 16.4. The predicted octanol–water partition coefficient (Wildman–Crippen LogP) is -0.589. The average molecular weight is 254 g/mol. The maximum atomic E-state index is 11.7. The number of aliphatic imine (C=N–C) groups is 2. The van der Waals surface area contributed by atoms with Crippen molar-refractivity contribution in [3.8, 4) is 0 Å². The molecule has 3 atom stereocenters. The Labute approximate surface area is 105 Å². The lowest BCUT2D eigenvalue weighted by Gasteiger charge is -2.20. The zero-order chi connectivity index (χ0) is 13.7. The molecule has 0 aromatic carbocycles. The third kappa shape index (κ3) is 3.92. The average Bonchev–Trinajstić information content (AvgIpc) is 2.79. The smallest absolute Gasteiger partial charge is 0.326 e. The molecule has 0 aromatic rings. The maximum absolute atomic E-state index is 11.7. The van der Waals surface area contributed by atoms with Gasteiger partial charge in [-0.05, 0) is 5.92 Å². The van der Waals surface area contributed by atoms with Gasteiger partial charge in [-0.2, -0.15) is 0 Å². The highest BCUT2D eigenvalue weighted by molar-refractivity contribution is 5.88. The third-order valence-corrected chi connectivity index (χ3v) is 2.70. The van der Waals surface area contributed by atoms with Gasteiger partial charge in [-0.15, -0.1) is 0 Å². The molecule has 0 bridgehead atoms. The van der Waals surface area contributed by atoms with Crippen LogP contribution in [0.4, 0.5) is 0 Å². The standard InChI is InChI=1S/C11H18N4O3/c1-6(2)9(12)10(16)15-8(11(17)18)3-7-4-13-5-14-7/h4-9H,3,12H2,1-2H3,(H,15,16)(H,17,18)/t7?,8-,9-/m0/s1. The van der Waals surface area contributed by atoms with Gasteiger partial charge in [0.15, 0.2) is 0 Å². The van der Waals surface area contributed by atoms with Crippen molar-refractivity contribution in [2.24, 2.45) is 21.6 Å². The van der Waals surface area contributed by atoms with Crippen LogP contribution in [0.15, 0.2) is 9.98 Å². The Bertz CT molecular complexity index is 366. The van der Waals surface area contributed by atoms with Gasteiger partial charge in [0.1, 0.15) is 12.4 Å². The van der Waals surface area contributed by atoms with Crippen LogP contribution in [0.1, 0.15) is 20.3 Å². The molecule has 100 valence electrons. The molecule has 4 N–H and O–H groups in total. The summed E-state index contributed by atoms with van der Waals surface area (Å²) >= 11 is 0. The number of amides is 1. The molecule has 0 saturated heterocycles. The Morgan fingerprint density at radius 2 is 2.17 bits per heavy atom. The summed E-state index contributed by atoms with van der Waals surface area (Å²) in [7, 11) is 0. The Balaban J connectivity index is 2.57. The van der Waals surface area contributed by atoms with Crippen molar-refractivity contribution in [3.05, 3.63) is 0 Å². The number of nitrogens with zero attached hydrogens (tertiary/aromatic N) is 2. The van der Waals surface area contributed by atoms with Crippen LogP contribution in [0.2, 0.25) is 0 Å². The topological polar surface area (TPSA) is 117 Å². The summed E-state index contributed by atoms with van der Waals surface area (Å²) in [6.07, 6.45) is 3.08. The molecule has 1 heterocycles. The van der Waals surface area contributed by atoms with Crippen LogP contribution in [0.25, 0.3) is 0 Å². The lowest BCUT2D eigenvalue weighted by Crippen LogP contribution is -2.51. The number of nitrogens with two attached hydrogens (primary N) is 1. The van der Waals surface area contributed by atoms with E-state index in [1.54, 1.807) is 20.1 Å². The minimum absolute atomic E-state index is 0.0505. The summed E-state index contributed by atoms with van der Waals surface area (Å²) in [6, 6.07) is -2.02. The van der Waals surface area contributed by atoms with Gasteiger partial charge in [0.05, 0.1) is 12.1 Å². The molecule has 18 heavy (non-hydrogen) atoms. The van der Waals surface area contributed by atoms with Crippen molar-refractivity contribution in [2.45, 2.75) is 38.4 Å². The fourth-order valence-corrected chi connectivity index (χ4v) is 1.46. The van der Waals surface area contributed by atoms with Crippen LogP contribution < -0.4 is 11.1 Å². The summed E-state index contributed by atoms with van der Waals surface area (Å²) in [6.45, 7) is 3.60. The number of nitrogens with one attached hydrogen (secondary N) is 1. The first kappa shape index (κ1) is 14.3. The van der Waals surface area contributed by atoms with Crippen LogP contribution in [0.5, 0.6) is 0 Å². The van der Waals surface area contributed by atoms with E-state index in [2.05, 4.69) is 15.3 Å². The second-order valence-electron chi connectivity index (χ2n) is 4.53. The van der Waals surface area contributed by atoms with Crippen LogP contribution in [0, 0.1) is 5.92 Å². The predicted molar refractivity (Wildman–Crippen MR) is 67.8 cm³/mol. The number of carboxylic acids is 1. The number of hydrogen-bond donors (Lipinski definition) is 3. The molecule has 0 saturated carbocycles. The Kier molecular flexibility index (Phi) is 4.96. The monoisotopic (exact) mass is 254 g/mol. The van der Waals surface area contributed by atoms with Crippen LogP contribution in [0.3, 0.4) is 0 Å². The number of rotatable bonds is 6. The molecule has 0 aromatic heterocycles. The van der Waals surface area contributed by atoms with Crippen molar-refractivity contribution in [1.82, 2.24) is 5.32 Å². The first-order valence-corrected chi connectivity index (χ1v) is 5.75. The van der Waals surface area contributed by atoms with Gasteiger partial charge in [0, 0.05) is 12.6 Å². The molecule has 7 heteroatoms. The molecule has 7 nitrogen and oxygen atoms in total. The van der Waals surface area contributed by atoms with Gasteiger partial charge in [-0.3, -0.25) is 9.79 Å². The SMILES string of the molecule is CC(C)[C@H](N)C(=O)N[C@@H](CC1C=NC=N1)C(=O)O. The number of carboxylic acid groups (broad SMARTS) is 1. The molecule has 0 aliphatic carbocycles. The van der Waals surface area contributed by atoms with E-state index in [9.17, 15) is 9.59 Å². The largest absolute Gasteiger partial charge is 0.480 e. The van der Waals surface area contributed by atoms with Gasteiger partial charge >= 0.3 is 5.97 Å². The van der Waals surface area contributed by atoms with Gasteiger partial charge in [-0.1, -0.05) is 13.8 Å². The van der Waals surface area contributed by atoms with Crippen molar-refractivity contribution < 1.29 is 14.7 Å². The zero-order valence-electron chi connectivity index (χ0n) is 10.4. The molecular formula is C11H18N4O3. The summed E-state index contributed by atoms with van der Waals surface area (Å²) in [4.78, 5) is 30.5. The molecule has 0 fully saturated rings. The van der Waals surface area contributed by atoms with Crippen LogP contribution in [-0.2, 0) is 9.59 Å². The molecule has 0 radical (unpaired) electrons. The van der Waals surface area contributed by atoms with E-state index in [0.717, 1.165) is 0 Å². The second-order valence-corrected chi connectivity index (χ2v) is 4.53. The maximum Gasteiger partial charge on any atom is 0.326 e. The molecule has 1 rings (SSSR count). The Morgan fingerprint density at radius 3 is 2.61 bits per heavy atom. The summed E-state index contributed by atoms with van der Waals surface area (Å²) in [5.74, 6) is -1.61. The molecular weight excluding hydrogens is 236 g/mol. The summed E-state index contributed by atoms with van der Waals surface area (Å²) in [5.41, 5.74) is 5.66. The number of carbonyl (C=O) groups excluding carboxylic acids is 1. The molecule has 1 unspecified atom stereocenters. The first-order valence-electron chi connectivity index (χ1n) is 5.75. The highest BCUT2D eigenvalue weighted by Crippen LogP contribution is 2.06. The second kappa shape index (κ2) is 6.25. The van der Waals surface area contributed by atoms with E-state index in [0.29, 0.717) is 0 Å². The quantitative estimate of drug-likeness (QED) is 0.587. The van der Waals surface area contributed by atoms with Gasteiger partial charge < -0.3 is 16.2 Å². The lowest BCUT2D eigenvalue weighted by molar-refractivity contribution is -0.142. The van der Waals surface area contributed by atoms with Crippen molar-refractivity contribution >= 4 is 24.4 Å². The fraction of sp³-hybridized carbons (Fsp3) is 0.636. The first-order chi connectivity index (χ1) is 8.41. The number of aliphatic carboxylic acids is 1. The van der Waals surface area contributed by atoms with E-state index in [1.165, 1.54) is 6.34 Å². The Hall–Kier alpha value is -1.76. The highest BCUT2D eigenvalue weighted by Gasteiger charge is 2.27. The number of carbonyl (C=O) groups is 2. The van der Waals surface area contributed by atoms with E-state index < -0.39 is 24.0 Å². The van der Waals surface area contributed by atoms with Crippen LogP contribution >= 0.6 is 0 Å². The minimum Gasteiger partial charge on any atom is -0.480 e. The van der Waals surface area contributed by atoms with Gasteiger partial charge in [0.25, 0.3) is 0 Å². The summed E-state index contributed by atoms with van der Waals surface area (Å²) < 4.78 is 0. The van der Waals surface area contributed by atoms with Crippen molar-refractivity contribution in [1.29, 1.82) is 0 Å². The molecule has 1 aliphatic heterocycles. The van der Waals surface area contributed by atoms with E-state index >= 15 is 0 Å². The molecule has 1 aliphatic rings. The van der Waals surface area contributed by atoms with Crippen molar-refractivity contribution in [3.63, 3.8) is 0 Å². The number of hydrogen-bond acceptors (Lipinski definition) is 5. The molecule has 1 amide bonds. The van der Waals surface area contributed by atoms with Crippen LogP contribution in [-0.4, -0.2) is 47.7 Å². The van der Waals surface area contributed by atoms with E-state index in [-0.39, 0.29) is 18.4 Å². The fourth-order valence-electron chi connectivity index (χ4n) is 1.46. The van der Waals surface area contributed by atoms with E-state index in [4.69, 9.17) is 10.8 Å². The Morgan fingerprint density at radius 1 is 1.50 bits per heavy atom. The van der Waals surface area contributed by atoms with Gasteiger partial charge in [-0.25, -0.2) is 9.79 Å².